The lowest BCUT2D eigenvalue weighted by atomic mass is 10.0. The molecular weight excluding hydrogens is 454 g/mol. The quantitative estimate of drug-likeness (QED) is 0.547. The lowest BCUT2D eigenvalue weighted by Gasteiger charge is -2.33. The van der Waals surface area contributed by atoms with E-state index in [1.807, 2.05) is 0 Å². The number of halogens is 3. The topological polar surface area (TPSA) is 97.6 Å². The van der Waals surface area contributed by atoms with Gasteiger partial charge in [0.05, 0.1) is 30.4 Å². The fourth-order valence-corrected chi connectivity index (χ4v) is 3.93. The number of benzene rings is 2. The molecule has 1 aliphatic rings. The van der Waals surface area contributed by atoms with Gasteiger partial charge in [0.1, 0.15) is 18.2 Å². The summed E-state index contributed by atoms with van der Waals surface area (Å²) < 4.78 is 29.2. The van der Waals surface area contributed by atoms with Crippen LogP contribution >= 0.6 is 11.6 Å². The molecule has 3 amide bonds. The minimum Gasteiger partial charge on any atom is -0.365 e. The zero-order chi connectivity index (χ0) is 23.7. The zero-order valence-corrected chi connectivity index (χ0v) is 17.8. The number of rotatable bonds is 4. The van der Waals surface area contributed by atoms with Crippen molar-refractivity contribution in [1.29, 1.82) is 0 Å². The normalized spacial score (nSPS) is 15.0. The monoisotopic (exact) mass is 470 g/mol. The molecule has 0 unspecified atom stereocenters. The number of nitrogens with two attached hydrogens (primary N) is 1. The minimum atomic E-state index is -0.855. The van der Waals surface area contributed by atoms with Crippen molar-refractivity contribution in [3.63, 3.8) is 0 Å². The minimum absolute atomic E-state index is 0.0349. The van der Waals surface area contributed by atoms with E-state index in [4.69, 9.17) is 23.9 Å². The highest BCUT2D eigenvalue weighted by atomic mass is 35.5. The van der Waals surface area contributed by atoms with Gasteiger partial charge < -0.3 is 16.0 Å². The van der Waals surface area contributed by atoms with Gasteiger partial charge in [-0.25, -0.2) is 18.4 Å². The van der Waals surface area contributed by atoms with E-state index >= 15 is 0 Å². The van der Waals surface area contributed by atoms with Crippen molar-refractivity contribution in [2.24, 2.45) is 5.73 Å². The summed E-state index contributed by atoms with van der Waals surface area (Å²) in [6.07, 6.45) is 0. The summed E-state index contributed by atoms with van der Waals surface area (Å²) >= 11 is 6.07. The largest absolute Gasteiger partial charge is 0.365 e. The van der Waals surface area contributed by atoms with E-state index in [0.29, 0.717) is 10.6 Å². The molecule has 11 heteroatoms. The SMILES string of the molecule is [C-]#[N+]c1ccc(NC(=O)N2Cc3c(C(N)=O)c(-c4cccc(Cl)c4)nn3[C@H](CF)C2)cc1F. The Balaban J connectivity index is 1.68. The molecule has 2 heterocycles. The Morgan fingerprint density at radius 2 is 2.09 bits per heavy atom. The first kappa shape index (κ1) is 22.2. The van der Waals surface area contributed by atoms with Crippen LogP contribution in [0.1, 0.15) is 22.1 Å². The van der Waals surface area contributed by atoms with Crippen LogP contribution in [0.2, 0.25) is 5.02 Å². The number of primary amides is 1. The van der Waals surface area contributed by atoms with E-state index in [-0.39, 0.29) is 41.4 Å². The number of aromatic nitrogens is 2. The van der Waals surface area contributed by atoms with E-state index < -0.39 is 30.5 Å². The molecule has 0 bridgehead atoms. The second kappa shape index (κ2) is 8.88. The standard InChI is InChI=1S/C22H17ClF2N6O2/c1-27-17-6-5-14(8-16(17)25)28-22(33)30-10-15(9-24)31-18(11-30)19(21(26)32)20(29-31)12-3-2-4-13(23)7-12/h2-8,15H,9-11H2,(H2,26,32)(H,28,33)/t15-/m1/s1. The van der Waals surface area contributed by atoms with Crippen molar-refractivity contribution >= 4 is 34.9 Å². The van der Waals surface area contributed by atoms with Crippen LogP contribution in [-0.4, -0.2) is 39.8 Å². The molecule has 3 N–H and O–H groups in total. The molecule has 0 fully saturated rings. The maximum atomic E-state index is 13.9. The van der Waals surface area contributed by atoms with Crippen LogP contribution in [-0.2, 0) is 6.54 Å². The fourth-order valence-electron chi connectivity index (χ4n) is 3.74. The molecule has 0 saturated heterocycles. The molecule has 2 aromatic carbocycles. The van der Waals surface area contributed by atoms with Crippen molar-refractivity contribution in [3.8, 4) is 11.3 Å². The van der Waals surface area contributed by atoms with Crippen molar-refractivity contribution < 1.29 is 18.4 Å². The number of hydrogen-bond acceptors (Lipinski definition) is 3. The molecular formula is C22H17ClF2N6O2. The highest BCUT2D eigenvalue weighted by Crippen LogP contribution is 2.33. The fraction of sp³-hybridized carbons (Fsp3) is 0.182. The van der Waals surface area contributed by atoms with Gasteiger partial charge in [0.2, 0.25) is 5.69 Å². The highest BCUT2D eigenvalue weighted by molar-refractivity contribution is 6.30. The Hall–Kier alpha value is -3.97. The van der Waals surface area contributed by atoms with Crippen molar-refractivity contribution in [3.05, 3.63) is 76.0 Å². The number of nitrogens with zero attached hydrogens (tertiary/aromatic N) is 4. The Labute approximate surface area is 192 Å². The van der Waals surface area contributed by atoms with E-state index in [1.54, 1.807) is 24.3 Å². The van der Waals surface area contributed by atoms with Crippen LogP contribution in [0.25, 0.3) is 16.1 Å². The number of fused-ring (bicyclic) bond motifs is 1. The van der Waals surface area contributed by atoms with Crippen LogP contribution in [0, 0.1) is 12.4 Å². The predicted molar refractivity (Wildman–Crippen MR) is 118 cm³/mol. The number of hydrogen-bond donors (Lipinski definition) is 2. The van der Waals surface area contributed by atoms with Gasteiger partial charge in [-0.2, -0.15) is 5.10 Å². The van der Waals surface area contributed by atoms with Gasteiger partial charge in [-0.3, -0.25) is 9.48 Å². The number of carbonyl (C=O) groups excluding carboxylic acids is 2. The Bertz CT molecular complexity index is 1300. The van der Waals surface area contributed by atoms with E-state index in [9.17, 15) is 18.4 Å². The molecule has 0 radical (unpaired) electrons. The number of carbonyl (C=O) groups is 2. The van der Waals surface area contributed by atoms with E-state index in [0.717, 1.165) is 6.07 Å². The summed E-state index contributed by atoms with van der Waals surface area (Å²) in [6, 6.07) is 8.83. The second-order valence-corrected chi connectivity index (χ2v) is 7.82. The van der Waals surface area contributed by atoms with Crippen LogP contribution in [0.5, 0.6) is 0 Å². The van der Waals surface area contributed by atoms with Crippen molar-refractivity contribution in [2.45, 2.75) is 12.6 Å². The summed E-state index contributed by atoms with van der Waals surface area (Å²) in [6.45, 7) is 5.95. The molecule has 1 aliphatic heterocycles. The third-order valence-electron chi connectivity index (χ3n) is 5.26. The van der Waals surface area contributed by atoms with Crippen molar-refractivity contribution in [1.82, 2.24) is 14.7 Å². The molecule has 0 spiro atoms. The molecule has 0 saturated carbocycles. The summed E-state index contributed by atoms with van der Waals surface area (Å²) in [5, 5.41) is 7.38. The lowest BCUT2D eigenvalue weighted by molar-refractivity contribution is 0.0995. The predicted octanol–water partition coefficient (Wildman–Crippen LogP) is 4.55. The Morgan fingerprint density at radius 1 is 1.30 bits per heavy atom. The average molecular weight is 471 g/mol. The van der Waals surface area contributed by atoms with Gasteiger partial charge in [-0.05, 0) is 24.3 Å². The van der Waals surface area contributed by atoms with Crippen LogP contribution in [0.3, 0.4) is 0 Å². The van der Waals surface area contributed by atoms with E-state index in [1.165, 1.54) is 21.7 Å². The Kier molecular flexibility index (Phi) is 5.98. The van der Waals surface area contributed by atoms with Gasteiger partial charge in [0, 0.05) is 22.8 Å². The molecule has 168 valence electrons. The molecule has 1 aromatic heterocycles. The number of amides is 3. The highest BCUT2D eigenvalue weighted by Gasteiger charge is 2.34. The van der Waals surface area contributed by atoms with Gasteiger partial charge in [-0.15, -0.1) is 0 Å². The molecule has 33 heavy (non-hydrogen) atoms. The summed E-state index contributed by atoms with van der Waals surface area (Å²) in [7, 11) is 0. The summed E-state index contributed by atoms with van der Waals surface area (Å²) in [5.41, 5.74) is 6.73. The Morgan fingerprint density at radius 3 is 2.73 bits per heavy atom. The van der Waals surface area contributed by atoms with Crippen molar-refractivity contribution in [2.75, 3.05) is 18.5 Å². The second-order valence-electron chi connectivity index (χ2n) is 7.39. The molecule has 8 nitrogen and oxygen atoms in total. The number of alkyl halides is 1. The first-order valence-electron chi connectivity index (χ1n) is 9.78. The van der Waals surface area contributed by atoms with Crippen LogP contribution in [0.15, 0.2) is 42.5 Å². The zero-order valence-electron chi connectivity index (χ0n) is 17.1. The lowest BCUT2D eigenvalue weighted by Crippen LogP contribution is -2.44. The third kappa shape index (κ3) is 4.23. The summed E-state index contributed by atoms with van der Waals surface area (Å²) in [5.74, 6) is -1.55. The third-order valence-corrected chi connectivity index (χ3v) is 5.49. The van der Waals surface area contributed by atoms with Gasteiger partial charge in [-0.1, -0.05) is 29.8 Å². The smallest absolute Gasteiger partial charge is 0.322 e. The molecule has 1 atom stereocenters. The van der Waals surface area contributed by atoms with Crippen LogP contribution < -0.4 is 11.1 Å². The number of urea groups is 1. The molecule has 3 aromatic rings. The number of anilines is 1. The maximum absolute atomic E-state index is 13.9. The van der Waals surface area contributed by atoms with E-state index in [2.05, 4.69) is 15.3 Å². The summed E-state index contributed by atoms with van der Waals surface area (Å²) in [4.78, 5) is 29.5. The van der Waals surface area contributed by atoms with Gasteiger partial charge in [0.25, 0.3) is 5.91 Å². The average Bonchev–Trinajstić information content (AvgIpc) is 3.18. The molecule has 4 rings (SSSR count). The van der Waals surface area contributed by atoms with Crippen LogP contribution in [0.4, 0.5) is 25.0 Å². The van der Waals surface area contributed by atoms with Gasteiger partial charge >= 0.3 is 6.03 Å². The molecule has 0 aliphatic carbocycles. The first-order valence-corrected chi connectivity index (χ1v) is 10.2. The van der Waals surface area contributed by atoms with Gasteiger partial charge in [0.15, 0.2) is 0 Å². The number of nitrogens with one attached hydrogen (secondary N) is 1. The first-order chi connectivity index (χ1) is 15.8. The maximum Gasteiger partial charge on any atom is 0.322 e.